The van der Waals surface area contributed by atoms with Crippen LogP contribution < -0.4 is 19.9 Å². The van der Waals surface area contributed by atoms with E-state index < -0.39 is 0 Å². The summed E-state index contributed by atoms with van der Waals surface area (Å²) in [6.45, 7) is 6.75. The van der Waals surface area contributed by atoms with Crippen LogP contribution in [0.4, 0.5) is 5.69 Å². The van der Waals surface area contributed by atoms with E-state index in [0.29, 0.717) is 13.0 Å². The van der Waals surface area contributed by atoms with Gasteiger partial charge in [0.05, 0.1) is 19.6 Å². The molecule has 0 atom stereocenters. The molecule has 0 radical (unpaired) electrons. The second-order valence-electron chi connectivity index (χ2n) is 7.32. The molecule has 0 aromatic heterocycles. The summed E-state index contributed by atoms with van der Waals surface area (Å²) in [7, 11) is 0. The van der Waals surface area contributed by atoms with E-state index in [2.05, 4.69) is 5.32 Å². The first kappa shape index (κ1) is 20.3. The number of rotatable bonds is 9. The highest BCUT2D eigenvalue weighted by molar-refractivity contribution is 5.90. The molecule has 28 heavy (non-hydrogen) atoms. The van der Waals surface area contributed by atoms with Crippen molar-refractivity contribution in [3.05, 3.63) is 60.2 Å². The molecule has 3 rings (SSSR count). The molecule has 2 aromatic carbocycles. The van der Waals surface area contributed by atoms with Gasteiger partial charge in [0, 0.05) is 5.69 Å². The predicted octanol–water partition coefficient (Wildman–Crippen LogP) is -0.630. The van der Waals surface area contributed by atoms with Crippen molar-refractivity contribution in [3.8, 4) is 5.75 Å². The van der Waals surface area contributed by atoms with Gasteiger partial charge in [-0.2, -0.15) is 0 Å². The summed E-state index contributed by atoms with van der Waals surface area (Å²) < 4.78 is 5.77. The second kappa shape index (κ2) is 10.8. The van der Waals surface area contributed by atoms with E-state index in [4.69, 9.17) is 9.84 Å². The van der Waals surface area contributed by atoms with Gasteiger partial charge >= 0.3 is 0 Å². The third-order valence-electron chi connectivity index (χ3n) is 5.22. The average molecular weight is 386 g/mol. The topological polar surface area (TPSA) is 67.4 Å². The summed E-state index contributed by atoms with van der Waals surface area (Å²) in [6.07, 6.45) is 0.525. The average Bonchev–Trinajstić information content (AvgIpc) is 2.74. The molecule has 1 aliphatic heterocycles. The lowest BCUT2D eigenvalue weighted by Crippen LogP contribution is -3.28. The number of ether oxygens (including phenoxy) is 1. The number of aliphatic hydroxyl groups is 1. The van der Waals surface area contributed by atoms with Gasteiger partial charge in [-0.25, -0.2) is 0 Å². The molecule has 0 unspecified atom stereocenters. The predicted molar refractivity (Wildman–Crippen MR) is 109 cm³/mol. The summed E-state index contributed by atoms with van der Waals surface area (Å²) in [5.41, 5.74) is 1.92. The van der Waals surface area contributed by atoms with Crippen LogP contribution in [0.5, 0.6) is 5.75 Å². The van der Waals surface area contributed by atoms with Gasteiger partial charge in [-0.05, 0) is 29.8 Å². The van der Waals surface area contributed by atoms with Crippen LogP contribution in [0.25, 0.3) is 0 Å². The van der Waals surface area contributed by atoms with Crippen molar-refractivity contribution in [2.24, 2.45) is 0 Å². The smallest absolute Gasteiger partial charge is 0.230 e. The van der Waals surface area contributed by atoms with Gasteiger partial charge in [0.15, 0.2) is 0 Å². The van der Waals surface area contributed by atoms with E-state index in [0.717, 1.165) is 56.3 Å². The third-order valence-corrected chi connectivity index (χ3v) is 5.22. The van der Waals surface area contributed by atoms with Crippen LogP contribution >= 0.6 is 0 Å². The number of piperazine rings is 1. The molecule has 6 nitrogen and oxygen atoms in total. The van der Waals surface area contributed by atoms with Crippen LogP contribution in [-0.4, -0.2) is 56.9 Å². The Morgan fingerprint density at radius 2 is 1.57 bits per heavy atom. The highest BCUT2D eigenvalue weighted by atomic mass is 16.5. The number of carbonyl (C=O) groups is 1. The molecule has 150 valence electrons. The number of hydrogen-bond acceptors (Lipinski definition) is 3. The molecule has 1 fully saturated rings. The lowest BCUT2D eigenvalue weighted by Gasteiger charge is -2.29. The molecule has 6 heteroatoms. The maximum atomic E-state index is 12.2. The minimum absolute atomic E-state index is 0.0515. The molecule has 2 aromatic rings. The zero-order valence-electron chi connectivity index (χ0n) is 16.3. The molecule has 0 spiro atoms. The number of carbonyl (C=O) groups excluding carboxylic acids is 1. The van der Waals surface area contributed by atoms with E-state index >= 15 is 0 Å². The highest BCUT2D eigenvalue weighted by Gasteiger charge is 2.22. The monoisotopic (exact) mass is 385 g/mol. The van der Waals surface area contributed by atoms with Gasteiger partial charge in [-0.3, -0.25) is 4.79 Å². The second-order valence-corrected chi connectivity index (χ2v) is 7.32. The molecule has 1 saturated heterocycles. The largest absolute Gasteiger partial charge is 0.489 e. The first-order chi connectivity index (χ1) is 13.7. The van der Waals surface area contributed by atoms with E-state index in [1.54, 1.807) is 0 Å². The van der Waals surface area contributed by atoms with E-state index in [1.807, 2.05) is 54.6 Å². The number of aliphatic hydroxyl groups excluding tert-OH is 1. The van der Waals surface area contributed by atoms with E-state index in [-0.39, 0.29) is 12.5 Å². The Morgan fingerprint density at radius 3 is 2.21 bits per heavy atom. The number of amides is 1. The fourth-order valence-electron chi connectivity index (χ4n) is 3.50. The van der Waals surface area contributed by atoms with Crippen LogP contribution in [-0.2, 0) is 11.4 Å². The third kappa shape index (κ3) is 6.64. The molecular formula is C22H31N3O3+2. The van der Waals surface area contributed by atoms with Crippen LogP contribution in [0.3, 0.4) is 0 Å². The molecule has 4 N–H and O–H groups in total. The Hall–Kier alpha value is -2.41. The fraction of sp³-hybridized carbons (Fsp3) is 0.409. The van der Waals surface area contributed by atoms with Gasteiger partial charge in [0.1, 0.15) is 45.1 Å². The number of benzene rings is 2. The SMILES string of the molecule is O=C(CC[NH+]1CC[NH+](CCO)CC1)Nc1ccc(OCc2ccccc2)cc1. The van der Waals surface area contributed by atoms with E-state index in [1.165, 1.54) is 9.80 Å². The van der Waals surface area contributed by atoms with Crippen LogP contribution in [0.2, 0.25) is 0 Å². The van der Waals surface area contributed by atoms with Gasteiger partial charge in [-0.1, -0.05) is 30.3 Å². The Balaban J connectivity index is 1.36. The summed E-state index contributed by atoms with van der Waals surface area (Å²) in [5, 5.41) is 12.0. The molecular weight excluding hydrogens is 354 g/mol. The maximum Gasteiger partial charge on any atom is 0.230 e. The molecule has 1 heterocycles. The Labute approximate surface area is 166 Å². The summed E-state index contributed by atoms with van der Waals surface area (Å²) in [5.74, 6) is 0.838. The highest BCUT2D eigenvalue weighted by Crippen LogP contribution is 2.17. The Morgan fingerprint density at radius 1 is 0.929 bits per heavy atom. The quantitative estimate of drug-likeness (QED) is 0.465. The van der Waals surface area contributed by atoms with Crippen molar-refractivity contribution in [1.29, 1.82) is 0 Å². The minimum atomic E-state index is 0.0515. The number of quaternary nitrogens is 2. The van der Waals surface area contributed by atoms with E-state index in [9.17, 15) is 4.79 Å². The molecule has 0 aliphatic carbocycles. The zero-order valence-corrected chi connectivity index (χ0v) is 16.3. The van der Waals surface area contributed by atoms with Gasteiger partial charge in [-0.15, -0.1) is 0 Å². The standard InChI is InChI=1S/C22H29N3O3/c26-17-16-25-14-12-24(13-15-25)11-10-22(27)23-20-6-8-21(9-7-20)28-18-19-4-2-1-3-5-19/h1-9,26H,10-18H2,(H,23,27)/p+2. The number of nitrogens with one attached hydrogen (secondary N) is 3. The molecule has 0 bridgehead atoms. The molecule has 1 amide bonds. The summed E-state index contributed by atoms with van der Waals surface area (Å²) in [4.78, 5) is 15.2. The minimum Gasteiger partial charge on any atom is -0.489 e. The molecule has 0 saturated carbocycles. The van der Waals surface area contributed by atoms with Crippen LogP contribution in [0, 0.1) is 0 Å². The normalized spacial score (nSPS) is 19.2. The molecule has 1 aliphatic rings. The lowest BCUT2D eigenvalue weighted by atomic mass is 10.2. The number of anilines is 1. The van der Waals surface area contributed by atoms with Gasteiger partial charge in [0.25, 0.3) is 0 Å². The first-order valence-corrected chi connectivity index (χ1v) is 10.1. The van der Waals surface area contributed by atoms with Crippen LogP contribution in [0.15, 0.2) is 54.6 Å². The summed E-state index contributed by atoms with van der Waals surface area (Å²) in [6, 6.07) is 17.6. The van der Waals surface area contributed by atoms with Crippen molar-refractivity contribution in [1.82, 2.24) is 0 Å². The number of hydrogen-bond donors (Lipinski definition) is 4. The lowest BCUT2D eigenvalue weighted by molar-refractivity contribution is -1.01. The van der Waals surface area contributed by atoms with Crippen molar-refractivity contribution >= 4 is 11.6 Å². The Bertz CT molecular complexity index is 714. The first-order valence-electron chi connectivity index (χ1n) is 10.1. The van der Waals surface area contributed by atoms with Crippen molar-refractivity contribution < 1.29 is 24.4 Å². The van der Waals surface area contributed by atoms with Gasteiger partial charge in [0.2, 0.25) is 5.91 Å². The van der Waals surface area contributed by atoms with Crippen molar-refractivity contribution in [3.63, 3.8) is 0 Å². The Kier molecular flexibility index (Phi) is 7.84. The summed E-state index contributed by atoms with van der Waals surface area (Å²) >= 11 is 0. The zero-order chi connectivity index (χ0) is 19.6. The maximum absolute atomic E-state index is 12.2. The van der Waals surface area contributed by atoms with Crippen molar-refractivity contribution in [2.75, 3.05) is 51.2 Å². The fourth-order valence-corrected chi connectivity index (χ4v) is 3.50. The van der Waals surface area contributed by atoms with Crippen molar-refractivity contribution in [2.45, 2.75) is 13.0 Å². The van der Waals surface area contributed by atoms with Gasteiger partial charge < -0.3 is 25.0 Å². The van der Waals surface area contributed by atoms with Crippen LogP contribution in [0.1, 0.15) is 12.0 Å².